The highest BCUT2D eigenvalue weighted by Crippen LogP contribution is 2.29. The molecule has 0 spiro atoms. The summed E-state index contributed by atoms with van der Waals surface area (Å²) in [6, 6.07) is 26.3. The van der Waals surface area contributed by atoms with E-state index in [-0.39, 0.29) is 12.5 Å². The molecular weight excluding hydrogens is 553 g/mol. The molecule has 0 heterocycles. The third kappa shape index (κ3) is 8.23. The van der Waals surface area contributed by atoms with Crippen molar-refractivity contribution in [3.05, 3.63) is 118 Å². The Labute approximate surface area is 241 Å². The van der Waals surface area contributed by atoms with Gasteiger partial charge in [-0.05, 0) is 71.8 Å². The molecule has 2 N–H and O–H groups in total. The van der Waals surface area contributed by atoms with E-state index in [9.17, 15) is 9.59 Å². The molecule has 4 aromatic rings. The summed E-state index contributed by atoms with van der Waals surface area (Å²) in [5.74, 6) is 0.706. The van der Waals surface area contributed by atoms with Gasteiger partial charge < -0.3 is 19.5 Å². The second-order valence-electron chi connectivity index (χ2n) is 8.37. The molecule has 40 heavy (non-hydrogen) atoms. The molecule has 10 heteroatoms. The Morgan fingerprint density at radius 2 is 1.62 bits per heavy atom. The molecule has 0 unspecified atom stereocenters. The fourth-order valence-corrected chi connectivity index (χ4v) is 3.76. The SMILES string of the molecule is COc1cc(C(=O)N/N=C/c2ccc(OCC(=O)Nc3ccc(Cl)c(Cl)c3)cc2)ccc1OCc1ccccc1. The van der Waals surface area contributed by atoms with Crippen molar-refractivity contribution >= 4 is 46.9 Å². The zero-order chi connectivity index (χ0) is 28.3. The first-order valence-corrected chi connectivity index (χ1v) is 12.8. The van der Waals surface area contributed by atoms with Crippen LogP contribution in [0.25, 0.3) is 0 Å². The minimum absolute atomic E-state index is 0.191. The van der Waals surface area contributed by atoms with Gasteiger partial charge in [-0.2, -0.15) is 5.10 Å². The molecule has 0 aromatic heterocycles. The van der Waals surface area contributed by atoms with Crippen LogP contribution in [0.15, 0.2) is 96.1 Å². The fourth-order valence-electron chi connectivity index (χ4n) is 3.46. The number of amides is 2. The Morgan fingerprint density at radius 3 is 2.35 bits per heavy atom. The van der Waals surface area contributed by atoms with Crippen LogP contribution in [0.1, 0.15) is 21.5 Å². The number of ether oxygens (including phenoxy) is 3. The highest BCUT2D eigenvalue weighted by atomic mass is 35.5. The molecule has 0 fully saturated rings. The number of hydrazone groups is 1. The average Bonchev–Trinajstić information content (AvgIpc) is 2.98. The maximum atomic E-state index is 12.6. The first-order chi connectivity index (χ1) is 19.4. The van der Waals surface area contributed by atoms with Crippen LogP contribution in [0.4, 0.5) is 5.69 Å². The van der Waals surface area contributed by atoms with Crippen LogP contribution < -0.4 is 25.0 Å². The van der Waals surface area contributed by atoms with Gasteiger partial charge in [0.1, 0.15) is 12.4 Å². The highest BCUT2D eigenvalue weighted by molar-refractivity contribution is 6.42. The van der Waals surface area contributed by atoms with Crippen LogP contribution in [-0.2, 0) is 11.4 Å². The number of rotatable bonds is 11. The van der Waals surface area contributed by atoms with Crippen LogP contribution in [0.5, 0.6) is 17.2 Å². The van der Waals surface area contributed by atoms with Gasteiger partial charge in [0.2, 0.25) is 0 Å². The first-order valence-electron chi connectivity index (χ1n) is 12.1. The number of hydrogen-bond acceptors (Lipinski definition) is 6. The molecule has 0 radical (unpaired) electrons. The summed E-state index contributed by atoms with van der Waals surface area (Å²) in [7, 11) is 1.51. The van der Waals surface area contributed by atoms with Crippen molar-refractivity contribution < 1.29 is 23.8 Å². The Bertz CT molecular complexity index is 1500. The molecule has 0 saturated carbocycles. The summed E-state index contributed by atoms with van der Waals surface area (Å²) < 4.78 is 16.7. The number of carbonyl (C=O) groups is 2. The lowest BCUT2D eigenvalue weighted by atomic mass is 10.2. The monoisotopic (exact) mass is 577 g/mol. The zero-order valence-corrected chi connectivity index (χ0v) is 22.9. The van der Waals surface area contributed by atoms with Gasteiger partial charge in [0.25, 0.3) is 11.8 Å². The summed E-state index contributed by atoms with van der Waals surface area (Å²) >= 11 is 11.8. The second kappa shape index (κ2) is 14.0. The van der Waals surface area contributed by atoms with E-state index in [4.69, 9.17) is 37.4 Å². The van der Waals surface area contributed by atoms with Crippen LogP contribution >= 0.6 is 23.2 Å². The van der Waals surface area contributed by atoms with Gasteiger partial charge in [-0.25, -0.2) is 5.43 Å². The molecule has 204 valence electrons. The standard InChI is InChI=1S/C30H25Cl2N3O5/c1-38-28-15-22(9-14-27(28)40-18-21-5-3-2-4-6-21)30(37)35-33-17-20-7-11-24(12-8-20)39-19-29(36)34-23-10-13-25(31)26(32)16-23/h2-17H,18-19H2,1H3,(H,34,36)(H,35,37)/b33-17+. The number of carbonyl (C=O) groups excluding carboxylic acids is 2. The molecule has 0 aliphatic carbocycles. The quantitative estimate of drug-likeness (QED) is 0.159. The fraction of sp³-hybridized carbons (Fsp3) is 0.100. The van der Waals surface area contributed by atoms with Crippen LogP contribution in [0.2, 0.25) is 10.0 Å². The zero-order valence-electron chi connectivity index (χ0n) is 21.4. The smallest absolute Gasteiger partial charge is 0.271 e. The molecule has 4 rings (SSSR count). The number of anilines is 1. The van der Waals surface area contributed by atoms with Crippen molar-refractivity contribution in [3.8, 4) is 17.2 Å². The second-order valence-corrected chi connectivity index (χ2v) is 9.19. The number of hydrogen-bond donors (Lipinski definition) is 2. The van der Waals surface area contributed by atoms with Crippen LogP contribution in [0, 0.1) is 0 Å². The maximum absolute atomic E-state index is 12.6. The lowest BCUT2D eigenvalue weighted by molar-refractivity contribution is -0.118. The predicted octanol–water partition coefficient (Wildman–Crippen LogP) is 6.36. The van der Waals surface area contributed by atoms with Crippen molar-refractivity contribution in [1.82, 2.24) is 5.43 Å². The highest BCUT2D eigenvalue weighted by Gasteiger charge is 2.11. The minimum Gasteiger partial charge on any atom is -0.493 e. The molecule has 0 saturated heterocycles. The number of nitrogens with zero attached hydrogens (tertiary/aromatic N) is 1. The summed E-state index contributed by atoms with van der Waals surface area (Å²) in [5, 5.41) is 7.44. The van der Waals surface area contributed by atoms with Crippen molar-refractivity contribution in [2.24, 2.45) is 5.10 Å². The van der Waals surface area contributed by atoms with Crippen molar-refractivity contribution in [1.29, 1.82) is 0 Å². The van der Waals surface area contributed by atoms with Crippen molar-refractivity contribution in [3.63, 3.8) is 0 Å². The number of methoxy groups -OCH3 is 1. The van der Waals surface area contributed by atoms with Gasteiger partial charge in [-0.1, -0.05) is 53.5 Å². The van der Waals surface area contributed by atoms with Gasteiger partial charge in [0, 0.05) is 11.3 Å². The van der Waals surface area contributed by atoms with Gasteiger partial charge in [-0.3, -0.25) is 9.59 Å². The molecule has 8 nitrogen and oxygen atoms in total. The van der Waals surface area contributed by atoms with E-state index in [0.717, 1.165) is 11.1 Å². The topological polar surface area (TPSA) is 98.3 Å². The van der Waals surface area contributed by atoms with Gasteiger partial charge in [-0.15, -0.1) is 0 Å². The number of halogens is 2. The molecular formula is C30H25Cl2N3O5. The van der Waals surface area contributed by atoms with Crippen molar-refractivity contribution in [2.45, 2.75) is 6.61 Å². The Kier molecular flexibility index (Phi) is 9.99. The minimum atomic E-state index is -0.405. The van der Waals surface area contributed by atoms with E-state index in [2.05, 4.69) is 15.8 Å². The van der Waals surface area contributed by atoms with Gasteiger partial charge in [0.15, 0.2) is 18.1 Å². The Hall–Kier alpha value is -4.53. The Balaban J connectivity index is 1.25. The third-order valence-electron chi connectivity index (χ3n) is 5.50. The summed E-state index contributed by atoms with van der Waals surface area (Å²) in [6.45, 7) is 0.187. The largest absolute Gasteiger partial charge is 0.493 e. The van der Waals surface area contributed by atoms with Crippen LogP contribution in [0.3, 0.4) is 0 Å². The third-order valence-corrected chi connectivity index (χ3v) is 6.24. The van der Waals surface area contributed by atoms with E-state index in [1.807, 2.05) is 30.3 Å². The van der Waals surface area contributed by atoms with E-state index in [1.165, 1.54) is 13.3 Å². The summed E-state index contributed by atoms with van der Waals surface area (Å²) in [6.07, 6.45) is 1.49. The van der Waals surface area contributed by atoms with E-state index < -0.39 is 5.91 Å². The predicted molar refractivity (Wildman–Crippen MR) is 156 cm³/mol. The lowest BCUT2D eigenvalue weighted by Gasteiger charge is -2.12. The normalized spacial score (nSPS) is 10.7. The van der Waals surface area contributed by atoms with Crippen LogP contribution in [-0.4, -0.2) is 31.7 Å². The average molecular weight is 578 g/mol. The van der Waals surface area contributed by atoms with Crippen molar-refractivity contribution in [2.75, 3.05) is 19.0 Å². The number of benzene rings is 4. The molecule has 0 aliphatic heterocycles. The van der Waals surface area contributed by atoms with E-state index in [0.29, 0.717) is 45.2 Å². The summed E-state index contributed by atoms with van der Waals surface area (Å²) in [4.78, 5) is 24.7. The number of nitrogens with one attached hydrogen (secondary N) is 2. The molecule has 0 bridgehead atoms. The molecule has 4 aromatic carbocycles. The molecule has 0 aliphatic rings. The lowest BCUT2D eigenvalue weighted by Crippen LogP contribution is -2.20. The van der Waals surface area contributed by atoms with E-state index >= 15 is 0 Å². The molecule has 0 atom stereocenters. The van der Waals surface area contributed by atoms with E-state index in [1.54, 1.807) is 60.7 Å². The molecule has 2 amide bonds. The van der Waals surface area contributed by atoms with Gasteiger partial charge in [0.05, 0.1) is 23.4 Å². The Morgan fingerprint density at radius 1 is 0.850 bits per heavy atom. The maximum Gasteiger partial charge on any atom is 0.271 e. The summed E-state index contributed by atoms with van der Waals surface area (Å²) in [5.41, 5.74) is 5.11. The first kappa shape index (κ1) is 28.5. The van der Waals surface area contributed by atoms with Gasteiger partial charge >= 0.3 is 0 Å².